The number of rotatable bonds is 7. The Kier molecular flexibility index (Phi) is 6.94. The van der Waals surface area contributed by atoms with Crippen LogP contribution in [0.2, 0.25) is 0 Å². The van der Waals surface area contributed by atoms with Gasteiger partial charge in [-0.05, 0) is 37.1 Å². The summed E-state index contributed by atoms with van der Waals surface area (Å²) in [7, 11) is 1.58. The van der Waals surface area contributed by atoms with Gasteiger partial charge in [0.1, 0.15) is 18.1 Å². The van der Waals surface area contributed by atoms with E-state index in [1.807, 2.05) is 0 Å². The lowest BCUT2D eigenvalue weighted by Crippen LogP contribution is -2.39. The summed E-state index contributed by atoms with van der Waals surface area (Å²) >= 11 is 0. The molecule has 0 bridgehead atoms. The molecule has 1 atom stereocenters. The largest absolute Gasteiger partial charge is 0.486 e. The van der Waals surface area contributed by atoms with Crippen molar-refractivity contribution < 1.29 is 18.3 Å². The summed E-state index contributed by atoms with van der Waals surface area (Å²) in [6, 6.07) is 5.98. The van der Waals surface area contributed by atoms with Gasteiger partial charge in [-0.2, -0.15) is 0 Å². The van der Waals surface area contributed by atoms with Gasteiger partial charge in [0.15, 0.2) is 17.4 Å². The first-order valence-electron chi connectivity index (χ1n) is 11.2. The number of primary amides is 1. The fourth-order valence-corrected chi connectivity index (χ4v) is 3.80. The van der Waals surface area contributed by atoms with Gasteiger partial charge in [0.25, 0.3) is 0 Å². The van der Waals surface area contributed by atoms with E-state index in [1.54, 1.807) is 31.4 Å². The molecule has 4 rings (SSSR count). The van der Waals surface area contributed by atoms with Crippen LogP contribution in [0.5, 0.6) is 5.75 Å². The zero-order valence-electron chi connectivity index (χ0n) is 19.8. The predicted octanol–water partition coefficient (Wildman–Crippen LogP) is 4.07. The van der Waals surface area contributed by atoms with Crippen LogP contribution in [0.25, 0.3) is 11.3 Å². The number of halogens is 2. The molecular weight excluding hydrogens is 456 g/mol. The summed E-state index contributed by atoms with van der Waals surface area (Å²) in [6.07, 6.45) is 3.47. The van der Waals surface area contributed by atoms with Gasteiger partial charge < -0.3 is 25.6 Å². The van der Waals surface area contributed by atoms with E-state index in [0.717, 1.165) is 18.2 Å². The lowest BCUT2D eigenvalue weighted by Gasteiger charge is -2.36. The van der Waals surface area contributed by atoms with Gasteiger partial charge in [0, 0.05) is 31.4 Å². The molecule has 0 saturated carbocycles. The molecule has 3 aromatic rings. The second-order valence-corrected chi connectivity index (χ2v) is 8.37. The molecule has 3 heterocycles. The molecule has 2 amide bonds. The number of nitrogens with one attached hydrogen (secondary N) is 1. The Morgan fingerprint density at radius 2 is 2.06 bits per heavy atom. The quantitative estimate of drug-likeness (QED) is 0.521. The van der Waals surface area contributed by atoms with Gasteiger partial charge in [-0.15, -0.1) is 0 Å². The highest BCUT2D eigenvalue weighted by Gasteiger charge is 2.26. The van der Waals surface area contributed by atoms with Crippen molar-refractivity contribution in [2.45, 2.75) is 32.9 Å². The van der Waals surface area contributed by atoms with Crippen LogP contribution in [0, 0.1) is 11.6 Å². The third-order valence-electron chi connectivity index (χ3n) is 5.91. The predicted molar refractivity (Wildman–Crippen MR) is 129 cm³/mol. The first-order valence-corrected chi connectivity index (χ1v) is 11.2. The van der Waals surface area contributed by atoms with Crippen LogP contribution in [-0.4, -0.2) is 52.1 Å². The maximum Gasteiger partial charge on any atom is 0.314 e. The van der Waals surface area contributed by atoms with Crippen LogP contribution in [0.1, 0.15) is 25.8 Å². The number of hydrogen-bond acceptors (Lipinski definition) is 7. The van der Waals surface area contributed by atoms with E-state index in [1.165, 1.54) is 11.0 Å². The van der Waals surface area contributed by atoms with Crippen molar-refractivity contribution in [3.05, 3.63) is 53.9 Å². The molecule has 0 saturated heterocycles. The van der Waals surface area contributed by atoms with Gasteiger partial charge in [-0.25, -0.2) is 28.5 Å². The molecular formula is C24H27F2N7O2. The Balaban J connectivity index is 1.61. The van der Waals surface area contributed by atoms with E-state index in [-0.39, 0.29) is 29.0 Å². The minimum absolute atomic E-state index is 0.0430. The smallest absolute Gasteiger partial charge is 0.314 e. The highest BCUT2D eigenvalue weighted by molar-refractivity contribution is 5.73. The van der Waals surface area contributed by atoms with E-state index in [9.17, 15) is 13.6 Å². The van der Waals surface area contributed by atoms with Crippen LogP contribution in [0.3, 0.4) is 0 Å². The monoisotopic (exact) mass is 483 g/mol. The van der Waals surface area contributed by atoms with Crippen LogP contribution in [0.15, 0.2) is 36.7 Å². The third-order valence-corrected chi connectivity index (χ3v) is 5.91. The average Bonchev–Trinajstić information content (AvgIpc) is 2.85. The Labute approximate surface area is 201 Å². The molecule has 2 aromatic heterocycles. The van der Waals surface area contributed by atoms with Gasteiger partial charge in [-0.3, -0.25) is 0 Å². The molecule has 0 aliphatic carbocycles. The molecule has 35 heavy (non-hydrogen) atoms. The number of aromatic nitrogens is 3. The minimum Gasteiger partial charge on any atom is -0.486 e. The zero-order chi connectivity index (χ0) is 25.1. The van der Waals surface area contributed by atoms with Crippen LogP contribution in [-0.2, 0) is 6.54 Å². The molecule has 0 fully saturated rings. The zero-order valence-corrected chi connectivity index (χ0v) is 19.8. The van der Waals surface area contributed by atoms with Crippen LogP contribution >= 0.6 is 0 Å². The van der Waals surface area contributed by atoms with Gasteiger partial charge in [0.2, 0.25) is 5.95 Å². The SMILES string of the molecule is CCC(C)N1CCOc2c(F)cc(-c3nc(Nc4ccc(CN(C)C(N)=O)cn4)ncc3F)cc21. The van der Waals surface area contributed by atoms with Crippen LogP contribution in [0.4, 0.5) is 31.0 Å². The topological polar surface area (TPSA) is 110 Å². The van der Waals surface area contributed by atoms with Crippen molar-refractivity contribution in [3.8, 4) is 17.0 Å². The minimum atomic E-state index is -0.681. The molecule has 1 aliphatic rings. The van der Waals surface area contributed by atoms with Crippen molar-refractivity contribution >= 4 is 23.5 Å². The fourth-order valence-electron chi connectivity index (χ4n) is 3.80. The summed E-state index contributed by atoms with van der Waals surface area (Å²) in [5, 5.41) is 2.92. The van der Waals surface area contributed by atoms with Gasteiger partial charge in [-0.1, -0.05) is 13.0 Å². The lowest BCUT2D eigenvalue weighted by atomic mass is 10.1. The number of carbonyl (C=O) groups excluding carboxylic acids is 1. The molecule has 1 aliphatic heterocycles. The average molecular weight is 484 g/mol. The normalized spacial score (nSPS) is 13.6. The number of fused-ring (bicyclic) bond motifs is 1. The number of amides is 2. The third kappa shape index (κ3) is 5.23. The molecule has 3 N–H and O–H groups in total. The summed E-state index contributed by atoms with van der Waals surface area (Å²) in [6.45, 7) is 5.41. The van der Waals surface area contributed by atoms with Crippen molar-refractivity contribution in [2.24, 2.45) is 5.73 Å². The number of urea groups is 1. The Bertz CT molecular complexity index is 1220. The number of nitrogens with zero attached hydrogens (tertiary/aromatic N) is 5. The number of carbonyl (C=O) groups is 1. The van der Waals surface area contributed by atoms with Crippen molar-refractivity contribution in [1.82, 2.24) is 19.9 Å². The second kappa shape index (κ2) is 10.1. The molecule has 1 unspecified atom stereocenters. The van der Waals surface area contributed by atoms with E-state index in [4.69, 9.17) is 10.5 Å². The summed E-state index contributed by atoms with van der Waals surface area (Å²) in [4.78, 5) is 27.1. The standard InChI is InChI=1S/C24H27F2N7O2/c1-4-14(2)33-7-8-35-22-17(25)9-16(10-19(22)33)21-18(26)12-29-24(31-21)30-20-6-5-15(11-28-20)13-32(3)23(27)34/h5-6,9-12,14H,4,7-8,13H2,1-3H3,(H2,27,34)(H,28,29,30,31). The van der Waals surface area contributed by atoms with Crippen LogP contribution < -0.4 is 20.7 Å². The van der Waals surface area contributed by atoms with E-state index in [2.05, 4.69) is 39.0 Å². The molecule has 184 valence electrons. The highest BCUT2D eigenvalue weighted by atomic mass is 19.1. The maximum atomic E-state index is 14.9. The highest BCUT2D eigenvalue weighted by Crippen LogP contribution is 2.39. The van der Waals surface area contributed by atoms with E-state index >= 15 is 0 Å². The first-order chi connectivity index (χ1) is 16.8. The lowest BCUT2D eigenvalue weighted by molar-refractivity contribution is 0.216. The summed E-state index contributed by atoms with van der Waals surface area (Å²) in [5.41, 5.74) is 6.82. The van der Waals surface area contributed by atoms with E-state index in [0.29, 0.717) is 31.2 Å². The van der Waals surface area contributed by atoms with Crippen molar-refractivity contribution in [3.63, 3.8) is 0 Å². The Morgan fingerprint density at radius 3 is 2.74 bits per heavy atom. The molecule has 9 nitrogen and oxygen atoms in total. The second-order valence-electron chi connectivity index (χ2n) is 8.37. The molecule has 1 aromatic carbocycles. The molecule has 0 spiro atoms. The number of benzene rings is 1. The summed E-state index contributed by atoms with van der Waals surface area (Å²) < 4.78 is 35.2. The first kappa shape index (κ1) is 24.1. The Hall–Kier alpha value is -4.02. The fraction of sp³-hybridized carbons (Fsp3) is 0.333. The summed E-state index contributed by atoms with van der Waals surface area (Å²) in [5.74, 6) is -0.569. The number of hydrogen-bond donors (Lipinski definition) is 2. The van der Waals surface area contributed by atoms with E-state index < -0.39 is 17.7 Å². The Morgan fingerprint density at radius 1 is 1.26 bits per heavy atom. The number of pyridine rings is 1. The maximum absolute atomic E-state index is 14.9. The number of nitrogens with two attached hydrogens (primary N) is 1. The van der Waals surface area contributed by atoms with Crippen molar-refractivity contribution in [2.75, 3.05) is 30.4 Å². The van der Waals surface area contributed by atoms with Crippen molar-refractivity contribution in [1.29, 1.82) is 0 Å². The number of anilines is 3. The molecule has 11 heteroatoms. The number of ether oxygens (including phenoxy) is 1. The van der Waals surface area contributed by atoms with Gasteiger partial charge in [0.05, 0.1) is 18.4 Å². The molecule has 0 radical (unpaired) electrons. The van der Waals surface area contributed by atoms with Gasteiger partial charge >= 0.3 is 6.03 Å².